The molecule has 1 heterocycles. The van der Waals surface area contributed by atoms with Crippen molar-refractivity contribution in [2.75, 3.05) is 26.6 Å². The van der Waals surface area contributed by atoms with Gasteiger partial charge in [0.2, 0.25) is 5.89 Å². The fourth-order valence-corrected chi connectivity index (χ4v) is 3.10. The maximum atomic E-state index is 10.1. The number of ether oxygens (including phenoxy) is 3. The highest BCUT2D eigenvalue weighted by Gasteiger charge is 2.14. The van der Waals surface area contributed by atoms with Crippen molar-refractivity contribution in [3.63, 3.8) is 0 Å². The normalized spacial score (nSPS) is 11.9. The van der Waals surface area contributed by atoms with E-state index in [4.69, 9.17) is 18.6 Å². The molecule has 0 amide bonds. The number of aliphatic hydroxyl groups is 1. The van der Waals surface area contributed by atoms with Gasteiger partial charge < -0.3 is 23.7 Å². The van der Waals surface area contributed by atoms with E-state index in [-0.39, 0.29) is 6.61 Å². The standard InChI is InChI=1S/C20H22N2O5S/c1-13-5-4-6-16(7-13)26-11-15(23)12-28-20-22-21-19(27-20)14-8-17(24-2)10-18(9-14)25-3/h4-10,15,23H,11-12H2,1-3H3/t15-/m1/s1. The molecule has 0 saturated heterocycles. The number of hydrogen-bond donors (Lipinski definition) is 1. The third kappa shape index (κ3) is 5.40. The van der Waals surface area contributed by atoms with Gasteiger partial charge in [-0.2, -0.15) is 0 Å². The van der Waals surface area contributed by atoms with Crippen LogP contribution >= 0.6 is 11.8 Å². The summed E-state index contributed by atoms with van der Waals surface area (Å²) in [6, 6.07) is 13.0. The highest BCUT2D eigenvalue weighted by atomic mass is 32.2. The molecule has 0 aliphatic carbocycles. The van der Waals surface area contributed by atoms with Crippen LogP contribution < -0.4 is 14.2 Å². The second-order valence-electron chi connectivity index (χ2n) is 6.07. The van der Waals surface area contributed by atoms with E-state index >= 15 is 0 Å². The van der Waals surface area contributed by atoms with E-state index < -0.39 is 6.10 Å². The van der Waals surface area contributed by atoms with Gasteiger partial charge in [0, 0.05) is 17.4 Å². The van der Waals surface area contributed by atoms with Gasteiger partial charge in [-0.05, 0) is 36.8 Å². The van der Waals surface area contributed by atoms with Crippen LogP contribution in [0.1, 0.15) is 5.56 Å². The topological polar surface area (TPSA) is 86.8 Å². The summed E-state index contributed by atoms with van der Waals surface area (Å²) in [4.78, 5) is 0. The smallest absolute Gasteiger partial charge is 0.276 e. The van der Waals surface area contributed by atoms with Crippen LogP contribution in [0.15, 0.2) is 52.1 Å². The van der Waals surface area contributed by atoms with Crippen LogP contribution in [-0.2, 0) is 0 Å². The molecule has 2 aromatic carbocycles. The molecule has 0 aliphatic rings. The van der Waals surface area contributed by atoms with Crippen molar-refractivity contribution in [2.45, 2.75) is 18.3 Å². The Morgan fingerprint density at radius 1 is 1.04 bits per heavy atom. The molecule has 0 unspecified atom stereocenters. The summed E-state index contributed by atoms with van der Waals surface area (Å²) in [7, 11) is 3.15. The predicted octanol–water partition coefficient (Wildman–Crippen LogP) is 3.59. The number of methoxy groups -OCH3 is 2. The van der Waals surface area contributed by atoms with E-state index in [2.05, 4.69) is 10.2 Å². The number of rotatable bonds is 9. The molecular formula is C20H22N2O5S. The Morgan fingerprint density at radius 2 is 1.79 bits per heavy atom. The van der Waals surface area contributed by atoms with Crippen molar-refractivity contribution in [2.24, 2.45) is 0 Å². The molecule has 1 N–H and O–H groups in total. The molecule has 0 bridgehead atoms. The minimum Gasteiger partial charge on any atom is -0.497 e. The van der Waals surface area contributed by atoms with Gasteiger partial charge in [0.1, 0.15) is 23.9 Å². The van der Waals surface area contributed by atoms with Gasteiger partial charge in [-0.3, -0.25) is 0 Å². The molecule has 3 rings (SSSR count). The first kappa shape index (κ1) is 20.0. The van der Waals surface area contributed by atoms with Gasteiger partial charge in [0.05, 0.1) is 20.3 Å². The van der Waals surface area contributed by atoms with Gasteiger partial charge in [0.15, 0.2) is 0 Å². The summed E-state index contributed by atoms with van der Waals surface area (Å²) < 4.78 is 21.8. The van der Waals surface area contributed by atoms with Gasteiger partial charge in [-0.1, -0.05) is 23.9 Å². The lowest BCUT2D eigenvalue weighted by Gasteiger charge is -2.11. The van der Waals surface area contributed by atoms with Crippen LogP contribution in [0.25, 0.3) is 11.5 Å². The highest BCUT2D eigenvalue weighted by Crippen LogP contribution is 2.30. The van der Waals surface area contributed by atoms with E-state index in [1.54, 1.807) is 32.4 Å². The lowest BCUT2D eigenvalue weighted by Crippen LogP contribution is -2.20. The lowest BCUT2D eigenvalue weighted by molar-refractivity contribution is 0.126. The first-order valence-corrected chi connectivity index (χ1v) is 9.63. The highest BCUT2D eigenvalue weighted by molar-refractivity contribution is 7.99. The SMILES string of the molecule is COc1cc(OC)cc(-c2nnc(SC[C@H](O)COc3cccc(C)c3)o2)c1. The van der Waals surface area contributed by atoms with Crippen molar-refractivity contribution in [3.05, 3.63) is 48.0 Å². The number of thioether (sulfide) groups is 1. The van der Waals surface area contributed by atoms with Crippen LogP contribution in [0, 0.1) is 6.92 Å². The Morgan fingerprint density at radius 3 is 2.46 bits per heavy atom. The summed E-state index contributed by atoms with van der Waals surface area (Å²) in [6.07, 6.45) is -0.669. The van der Waals surface area contributed by atoms with E-state index in [1.165, 1.54) is 11.8 Å². The molecule has 0 saturated carbocycles. The van der Waals surface area contributed by atoms with Crippen LogP contribution in [0.2, 0.25) is 0 Å². The summed E-state index contributed by atoms with van der Waals surface area (Å²) in [6.45, 7) is 2.18. The Hall–Kier alpha value is -2.71. The second kappa shape index (κ2) is 9.48. The second-order valence-corrected chi connectivity index (χ2v) is 7.04. The average Bonchev–Trinajstić information content (AvgIpc) is 3.19. The molecular weight excluding hydrogens is 380 g/mol. The molecule has 0 radical (unpaired) electrons. The largest absolute Gasteiger partial charge is 0.497 e. The van der Waals surface area contributed by atoms with Crippen LogP contribution in [-0.4, -0.2) is 48.0 Å². The fraction of sp³-hybridized carbons (Fsp3) is 0.300. The molecule has 8 heteroatoms. The Balaban J connectivity index is 1.56. The van der Waals surface area contributed by atoms with Gasteiger partial charge in [0.25, 0.3) is 5.22 Å². The number of aliphatic hydroxyl groups excluding tert-OH is 1. The zero-order chi connectivity index (χ0) is 19.9. The number of nitrogens with zero attached hydrogens (tertiary/aromatic N) is 2. The van der Waals surface area contributed by atoms with Crippen LogP contribution in [0.4, 0.5) is 0 Å². The van der Waals surface area contributed by atoms with Crippen molar-refractivity contribution >= 4 is 11.8 Å². The fourth-order valence-electron chi connectivity index (χ4n) is 2.43. The predicted molar refractivity (Wildman–Crippen MR) is 106 cm³/mol. The van der Waals surface area contributed by atoms with Crippen LogP contribution in [0.3, 0.4) is 0 Å². The molecule has 0 aliphatic heterocycles. The Kier molecular flexibility index (Phi) is 6.78. The number of benzene rings is 2. The number of aryl methyl sites for hydroxylation is 1. The first-order valence-electron chi connectivity index (χ1n) is 8.64. The van der Waals surface area contributed by atoms with E-state index in [1.807, 2.05) is 31.2 Å². The Labute approximate surface area is 167 Å². The third-order valence-electron chi connectivity index (χ3n) is 3.84. The van der Waals surface area contributed by atoms with E-state index in [9.17, 15) is 5.11 Å². The Bertz CT molecular complexity index is 893. The summed E-state index contributed by atoms with van der Waals surface area (Å²) in [5, 5.41) is 18.6. The molecule has 28 heavy (non-hydrogen) atoms. The summed E-state index contributed by atoms with van der Waals surface area (Å²) in [5.41, 5.74) is 1.80. The zero-order valence-corrected chi connectivity index (χ0v) is 16.7. The number of aromatic nitrogens is 2. The minimum absolute atomic E-state index is 0.185. The molecule has 148 valence electrons. The zero-order valence-electron chi connectivity index (χ0n) is 15.9. The molecule has 7 nitrogen and oxygen atoms in total. The van der Waals surface area contributed by atoms with Crippen molar-refractivity contribution < 1.29 is 23.7 Å². The molecule has 1 atom stereocenters. The first-order chi connectivity index (χ1) is 13.6. The average molecular weight is 402 g/mol. The van der Waals surface area contributed by atoms with Gasteiger partial charge in [-0.15, -0.1) is 10.2 Å². The van der Waals surface area contributed by atoms with Crippen molar-refractivity contribution in [1.82, 2.24) is 10.2 Å². The van der Waals surface area contributed by atoms with E-state index in [0.717, 1.165) is 11.3 Å². The maximum Gasteiger partial charge on any atom is 0.276 e. The summed E-state index contributed by atoms with van der Waals surface area (Å²) in [5.74, 6) is 2.71. The number of hydrogen-bond acceptors (Lipinski definition) is 8. The van der Waals surface area contributed by atoms with Crippen molar-refractivity contribution in [1.29, 1.82) is 0 Å². The maximum absolute atomic E-state index is 10.1. The van der Waals surface area contributed by atoms with Gasteiger partial charge >= 0.3 is 0 Å². The van der Waals surface area contributed by atoms with Crippen LogP contribution in [0.5, 0.6) is 17.2 Å². The molecule has 3 aromatic rings. The lowest BCUT2D eigenvalue weighted by atomic mass is 10.2. The van der Waals surface area contributed by atoms with Gasteiger partial charge in [-0.25, -0.2) is 0 Å². The monoisotopic (exact) mass is 402 g/mol. The summed E-state index contributed by atoms with van der Waals surface area (Å²) >= 11 is 1.27. The third-order valence-corrected chi connectivity index (χ3v) is 4.80. The van der Waals surface area contributed by atoms with E-state index in [0.29, 0.717) is 33.9 Å². The quantitative estimate of drug-likeness (QED) is 0.544. The molecule has 1 aromatic heterocycles. The molecule has 0 spiro atoms. The minimum atomic E-state index is -0.669. The molecule has 0 fully saturated rings. The van der Waals surface area contributed by atoms with Crippen molar-refractivity contribution in [3.8, 4) is 28.7 Å².